The standard InChI is InChI=1S/C24H25O4.2C2H6/c1-4-26-23(25)17-27-24-18(2)15-22(16-19(24)3)28(20-11-7-5-8-12-20)21-13-9-6-10-14-21;2*1-2/h5-16H,4,17H2,1-3H3;2*1-2H3/q+1;;. The smallest absolute Gasteiger partial charge is 0.344 e. The van der Waals surface area contributed by atoms with Crippen molar-refractivity contribution in [1.82, 2.24) is 0 Å². The second-order valence-electron chi connectivity index (χ2n) is 6.41. The Morgan fingerprint density at radius 1 is 0.750 bits per heavy atom. The molecule has 0 atom stereocenters. The van der Waals surface area contributed by atoms with Crippen LogP contribution in [0.5, 0.6) is 23.0 Å². The average molecular weight is 438 g/mol. The summed E-state index contributed by atoms with van der Waals surface area (Å²) < 4.78 is 13.9. The highest BCUT2D eigenvalue weighted by Crippen LogP contribution is 2.41. The van der Waals surface area contributed by atoms with Crippen molar-refractivity contribution in [3.05, 3.63) is 83.9 Å². The molecule has 4 nitrogen and oxygen atoms in total. The van der Waals surface area contributed by atoms with Crippen LogP contribution < -0.4 is 9.10 Å². The molecule has 0 aliphatic heterocycles. The molecule has 0 unspecified atom stereocenters. The van der Waals surface area contributed by atoms with Gasteiger partial charge in [-0.05, 0) is 20.8 Å². The number of aryl methyl sites for hydroxylation is 2. The quantitative estimate of drug-likeness (QED) is 0.277. The topological polar surface area (TPSA) is 38.2 Å². The van der Waals surface area contributed by atoms with Crippen LogP contribution in [0.25, 0.3) is 0 Å². The Morgan fingerprint density at radius 3 is 1.59 bits per heavy atom. The van der Waals surface area contributed by atoms with Crippen LogP contribution >= 0.6 is 0 Å². The molecule has 0 aliphatic carbocycles. The van der Waals surface area contributed by atoms with E-state index in [1.165, 1.54) is 0 Å². The monoisotopic (exact) mass is 437 g/mol. The summed E-state index contributed by atoms with van der Waals surface area (Å²) in [7, 11) is 0. The first-order valence-corrected chi connectivity index (χ1v) is 11.3. The van der Waals surface area contributed by atoms with Crippen LogP contribution in [0.2, 0.25) is 0 Å². The van der Waals surface area contributed by atoms with Crippen molar-refractivity contribution in [2.75, 3.05) is 13.2 Å². The third-order valence-corrected chi connectivity index (χ3v) is 4.27. The molecule has 0 aromatic heterocycles. The molecular formula is C28H37O4+. The number of hydrogen-bond acceptors (Lipinski definition) is 3. The van der Waals surface area contributed by atoms with E-state index in [2.05, 4.69) is 4.37 Å². The van der Waals surface area contributed by atoms with Gasteiger partial charge in [-0.15, -0.1) is 0 Å². The van der Waals surface area contributed by atoms with E-state index in [1.54, 1.807) is 6.92 Å². The first kappa shape index (κ1) is 26.8. The van der Waals surface area contributed by atoms with E-state index in [1.807, 2.05) is 114 Å². The Balaban J connectivity index is 0.00000121. The molecule has 4 heteroatoms. The minimum absolute atomic E-state index is 0.0942. The number of carbonyl (C=O) groups is 1. The van der Waals surface area contributed by atoms with Crippen LogP contribution in [0, 0.1) is 13.8 Å². The lowest BCUT2D eigenvalue weighted by Gasteiger charge is -2.23. The predicted octanol–water partition coefficient (Wildman–Crippen LogP) is 8.04. The highest BCUT2D eigenvalue weighted by Gasteiger charge is 2.22. The van der Waals surface area contributed by atoms with Crippen molar-refractivity contribution in [2.24, 2.45) is 0 Å². The van der Waals surface area contributed by atoms with Crippen LogP contribution in [0.1, 0.15) is 45.7 Å². The maximum atomic E-state index is 11.6. The molecule has 3 aromatic rings. The molecule has 0 bridgehead atoms. The van der Waals surface area contributed by atoms with Gasteiger partial charge in [-0.3, -0.25) is 0 Å². The molecule has 172 valence electrons. The van der Waals surface area contributed by atoms with Gasteiger partial charge >= 0.3 is 5.97 Å². The van der Waals surface area contributed by atoms with E-state index in [0.717, 1.165) is 28.4 Å². The summed E-state index contributed by atoms with van der Waals surface area (Å²) in [5, 5.41) is 0. The van der Waals surface area contributed by atoms with Crippen molar-refractivity contribution in [3.8, 4) is 23.0 Å². The molecule has 0 saturated carbocycles. The van der Waals surface area contributed by atoms with E-state index in [9.17, 15) is 4.79 Å². The fraction of sp³-hybridized carbons (Fsp3) is 0.321. The highest BCUT2D eigenvalue weighted by molar-refractivity contribution is 5.71. The summed E-state index contributed by atoms with van der Waals surface area (Å²) in [5.41, 5.74) is 1.90. The summed E-state index contributed by atoms with van der Waals surface area (Å²) in [6.45, 7) is 14.0. The number of esters is 1. The molecule has 0 fully saturated rings. The molecular weight excluding hydrogens is 400 g/mol. The van der Waals surface area contributed by atoms with Gasteiger partial charge in [0.1, 0.15) is 5.75 Å². The van der Waals surface area contributed by atoms with Gasteiger partial charge in [0, 0.05) is 47.5 Å². The number of carbonyl (C=O) groups excluding carboxylic acids is 1. The molecule has 0 heterocycles. The number of hydrogen-bond donors (Lipinski definition) is 0. The third-order valence-electron chi connectivity index (χ3n) is 4.27. The Kier molecular flexibility index (Phi) is 12.3. The van der Waals surface area contributed by atoms with Crippen LogP contribution in [0.4, 0.5) is 0 Å². The first-order chi connectivity index (χ1) is 15.6. The Labute approximate surface area is 193 Å². The largest absolute Gasteiger partial charge is 0.499 e. The maximum absolute atomic E-state index is 11.6. The second-order valence-corrected chi connectivity index (χ2v) is 6.41. The summed E-state index contributed by atoms with van der Waals surface area (Å²) in [6, 6.07) is 24.3. The van der Waals surface area contributed by atoms with Gasteiger partial charge in [-0.2, -0.15) is 0 Å². The van der Waals surface area contributed by atoms with E-state index in [4.69, 9.17) is 9.47 Å². The lowest BCUT2D eigenvalue weighted by atomic mass is 10.1. The zero-order valence-electron chi connectivity index (χ0n) is 20.5. The minimum Gasteiger partial charge on any atom is -0.499 e. The lowest BCUT2D eigenvalue weighted by molar-refractivity contribution is -0.145. The zero-order chi connectivity index (χ0) is 23.9. The van der Waals surface area contributed by atoms with E-state index < -0.39 is 0 Å². The zero-order valence-corrected chi connectivity index (χ0v) is 20.5. The SMILES string of the molecule is CC.CC.CCOC(=O)COc1c(C)cc([O+](c2ccccc2)c2ccccc2)cc1C. The van der Waals surface area contributed by atoms with Gasteiger partial charge in [0.25, 0.3) is 17.2 Å². The van der Waals surface area contributed by atoms with E-state index in [-0.39, 0.29) is 12.6 Å². The van der Waals surface area contributed by atoms with Gasteiger partial charge in [0.15, 0.2) is 6.61 Å². The number of ether oxygens (including phenoxy) is 2. The Bertz CT molecular complexity index is 858. The van der Waals surface area contributed by atoms with Gasteiger partial charge in [-0.1, -0.05) is 64.1 Å². The third kappa shape index (κ3) is 7.45. The molecule has 0 aliphatic rings. The summed E-state index contributed by atoms with van der Waals surface area (Å²) >= 11 is 0. The summed E-state index contributed by atoms with van der Waals surface area (Å²) in [4.78, 5) is 11.6. The van der Waals surface area contributed by atoms with E-state index in [0.29, 0.717) is 12.4 Å². The molecule has 0 N–H and O–H groups in total. The van der Waals surface area contributed by atoms with Crippen LogP contribution in [0.15, 0.2) is 72.8 Å². The minimum atomic E-state index is -0.366. The van der Waals surface area contributed by atoms with Crippen LogP contribution in [-0.4, -0.2) is 19.2 Å². The summed E-state index contributed by atoms with van der Waals surface area (Å²) in [6.07, 6.45) is 0. The van der Waals surface area contributed by atoms with Crippen LogP contribution in [-0.2, 0) is 9.53 Å². The van der Waals surface area contributed by atoms with Gasteiger partial charge in [0.2, 0.25) is 0 Å². The van der Waals surface area contributed by atoms with Crippen molar-refractivity contribution >= 4 is 5.97 Å². The predicted molar refractivity (Wildman–Crippen MR) is 133 cm³/mol. The highest BCUT2D eigenvalue weighted by atomic mass is 16.7. The first-order valence-electron chi connectivity index (χ1n) is 11.3. The van der Waals surface area contributed by atoms with Crippen molar-refractivity contribution in [3.63, 3.8) is 0 Å². The number of rotatable bonds is 7. The Morgan fingerprint density at radius 2 is 1.19 bits per heavy atom. The fourth-order valence-electron chi connectivity index (χ4n) is 3.11. The second kappa shape index (κ2) is 14.7. The molecule has 0 saturated heterocycles. The van der Waals surface area contributed by atoms with Crippen molar-refractivity contribution in [1.29, 1.82) is 0 Å². The van der Waals surface area contributed by atoms with Crippen molar-refractivity contribution in [2.45, 2.75) is 48.5 Å². The molecule has 3 rings (SSSR count). The van der Waals surface area contributed by atoms with Gasteiger partial charge < -0.3 is 13.8 Å². The fourth-order valence-corrected chi connectivity index (χ4v) is 3.11. The number of benzene rings is 3. The molecule has 0 amide bonds. The van der Waals surface area contributed by atoms with Crippen molar-refractivity contribution < 1.29 is 18.6 Å². The summed E-state index contributed by atoms with van der Waals surface area (Å²) in [5.74, 6) is 3.28. The van der Waals surface area contributed by atoms with Gasteiger partial charge in [-0.25, -0.2) is 4.79 Å². The maximum Gasteiger partial charge on any atom is 0.344 e. The molecule has 0 radical (unpaired) electrons. The normalized spacial score (nSPS) is 9.47. The van der Waals surface area contributed by atoms with Crippen LogP contribution in [0.3, 0.4) is 0 Å². The molecule has 0 spiro atoms. The molecule has 32 heavy (non-hydrogen) atoms. The average Bonchev–Trinajstić information content (AvgIpc) is 2.83. The Hall–Kier alpha value is -3.27. The molecule has 3 aromatic carbocycles. The lowest BCUT2D eigenvalue weighted by Crippen LogP contribution is -2.15. The number of para-hydroxylation sites is 2. The van der Waals surface area contributed by atoms with E-state index >= 15 is 0 Å². The van der Waals surface area contributed by atoms with Gasteiger partial charge in [0.05, 0.1) is 6.61 Å².